The Morgan fingerprint density at radius 3 is 1.71 bits per heavy atom. The Balaban J connectivity index is 1.40. The van der Waals surface area contributed by atoms with Gasteiger partial charge in [0.25, 0.3) is 0 Å². The molecular formula is C33H34F6O3. The summed E-state index contributed by atoms with van der Waals surface area (Å²) in [4.78, 5) is 0. The fraction of sp³-hybridized carbons (Fsp3) is 0.394. The summed E-state index contributed by atoms with van der Waals surface area (Å²) in [6, 6.07) is 7.71. The minimum Gasteiger partial charge on any atom is -0.490 e. The predicted molar refractivity (Wildman–Crippen MR) is 149 cm³/mol. The van der Waals surface area contributed by atoms with Gasteiger partial charge < -0.3 is 14.2 Å². The van der Waals surface area contributed by atoms with Gasteiger partial charge in [-0.05, 0) is 61.9 Å². The number of benzene rings is 3. The maximum atomic E-state index is 15.0. The Morgan fingerprint density at radius 2 is 1.17 bits per heavy atom. The number of halogens is 6. The summed E-state index contributed by atoms with van der Waals surface area (Å²) < 4.78 is 105. The molecule has 0 fully saturated rings. The quantitative estimate of drug-likeness (QED) is 0.146. The monoisotopic (exact) mass is 592 g/mol. The van der Waals surface area contributed by atoms with Crippen LogP contribution in [0.3, 0.4) is 0 Å². The molecule has 0 saturated carbocycles. The zero-order valence-electron chi connectivity index (χ0n) is 23.7. The lowest BCUT2D eigenvalue weighted by molar-refractivity contribution is 0.0342. The second-order valence-corrected chi connectivity index (χ2v) is 10.2. The smallest absolute Gasteiger partial charge is 0.201 e. The summed E-state index contributed by atoms with van der Waals surface area (Å²) in [6.45, 7) is 4.15. The van der Waals surface area contributed by atoms with Crippen molar-refractivity contribution in [1.82, 2.24) is 0 Å². The second-order valence-electron chi connectivity index (χ2n) is 10.2. The van der Waals surface area contributed by atoms with Gasteiger partial charge in [-0.25, -0.2) is 17.6 Å². The molecule has 1 aliphatic carbocycles. The van der Waals surface area contributed by atoms with Crippen molar-refractivity contribution < 1.29 is 40.6 Å². The molecule has 1 aliphatic rings. The molecule has 1 unspecified atom stereocenters. The fourth-order valence-electron chi connectivity index (χ4n) is 4.72. The van der Waals surface area contributed by atoms with Crippen LogP contribution in [0.5, 0.6) is 11.5 Å². The Bertz CT molecular complexity index is 1420. The zero-order valence-corrected chi connectivity index (χ0v) is 23.7. The van der Waals surface area contributed by atoms with E-state index in [0.29, 0.717) is 37.9 Å². The highest BCUT2D eigenvalue weighted by Gasteiger charge is 2.24. The van der Waals surface area contributed by atoms with E-state index in [2.05, 4.69) is 0 Å². The topological polar surface area (TPSA) is 27.7 Å². The van der Waals surface area contributed by atoms with E-state index in [9.17, 15) is 26.3 Å². The van der Waals surface area contributed by atoms with Crippen LogP contribution in [-0.2, 0) is 11.3 Å². The van der Waals surface area contributed by atoms with E-state index in [1.54, 1.807) is 6.08 Å². The van der Waals surface area contributed by atoms with E-state index in [1.165, 1.54) is 30.3 Å². The van der Waals surface area contributed by atoms with Crippen molar-refractivity contribution in [3.8, 4) is 22.6 Å². The standard InChI is InChI=1S/C33H34F6O3/c1-3-5-17-40-26-15-13-23(29(35)32(26)38)20-7-10-22(11-8-20)42-19-21-9-12-24(30(36)28(21)34)25-14-16-27(33(39)31(25)37)41-18-6-4-2/h7,9,12-16,22H,3-6,8,10-11,17-19H2,1-2H3. The number of unbranched alkanes of at least 4 members (excludes halogenated alkanes) is 2. The first kappa shape index (κ1) is 31.5. The van der Waals surface area contributed by atoms with Crippen LogP contribution in [0.1, 0.15) is 69.9 Å². The fourth-order valence-corrected chi connectivity index (χ4v) is 4.72. The van der Waals surface area contributed by atoms with Crippen LogP contribution in [0.4, 0.5) is 26.3 Å². The van der Waals surface area contributed by atoms with E-state index in [1.807, 2.05) is 13.8 Å². The number of ether oxygens (including phenoxy) is 3. The Kier molecular flexibility index (Phi) is 11.0. The van der Waals surface area contributed by atoms with Gasteiger partial charge in [-0.15, -0.1) is 0 Å². The molecular weight excluding hydrogens is 558 g/mol. The van der Waals surface area contributed by atoms with Gasteiger partial charge in [-0.2, -0.15) is 8.78 Å². The average Bonchev–Trinajstić information content (AvgIpc) is 2.99. The van der Waals surface area contributed by atoms with E-state index in [-0.39, 0.29) is 41.9 Å². The van der Waals surface area contributed by atoms with E-state index < -0.39 is 46.0 Å². The lowest BCUT2D eigenvalue weighted by atomic mass is 9.91. The maximum Gasteiger partial charge on any atom is 0.201 e. The van der Waals surface area contributed by atoms with Gasteiger partial charge in [0.1, 0.15) is 0 Å². The van der Waals surface area contributed by atoms with Gasteiger partial charge in [-0.3, -0.25) is 0 Å². The first-order chi connectivity index (χ1) is 20.3. The molecule has 0 aromatic heterocycles. The van der Waals surface area contributed by atoms with Gasteiger partial charge in [0.15, 0.2) is 34.8 Å². The Hall–Kier alpha value is -3.46. The highest BCUT2D eigenvalue weighted by Crippen LogP contribution is 2.35. The predicted octanol–water partition coefficient (Wildman–Crippen LogP) is 9.70. The third-order valence-corrected chi connectivity index (χ3v) is 7.24. The molecule has 0 spiro atoms. The molecule has 0 N–H and O–H groups in total. The Morgan fingerprint density at radius 1 is 0.643 bits per heavy atom. The van der Waals surface area contributed by atoms with Crippen molar-refractivity contribution in [2.24, 2.45) is 0 Å². The van der Waals surface area contributed by atoms with Gasteiger partial charge in [0, 0.05) is 22.3 Å². The molecule has 0 aliphatic heterocycles. The largest absolute Gasteiger partial charge is 0.490 e. The lowest BCUT2D eigenvalue weighted by Gasteiger charge is -2.23. The molecule has 3 aromatic carbocycles. The molecule has 1 atom stereocenters. The van der Waals surface area contributed by atoms with Crippen molar-refractivity contribution in [3.05, 3.63) is 88.5 Å². The molecule has 226 valence electrons. The zero-order chi connectivity index (χ0) is 30.2. The van der Waals surface area contributed by atoms with Crippen molar-refractivity contribution in [1.29, 1.82) is 0 Å². The highest BCUT2D eigenvalue weighted by atomic mass is 19.2. The molecule has 4 rings (SSSR count). The average molecular weight is 593 g/mol. The number of hydrogen-bond acceptors (Lipinski definition) is 3. The molecule has 0 bridgehead atoms. The Labute approximate surface area is 242 Å². The molecule has 42 heavy (non-hydrogen) atoms. The third-order valence-electron chi connectivity index (χ3n) is 7.24. The summed E-state index contributed by atoms with van der Waals surface area (Å²) in [7, 11) is 0. The van der Waals surface area contributed by atoms with Crippen LogP contribution in [0.15, 0.2) is 42.5 Å². The van der Waals surface area contributed by atoms with Gasteiger partial charge in [0.05, 0.1) is 25.9 Å². The second kappa shape index (κ2) is 14.6. The molecule has 0 radical (unpaired) electrons. The van der Waals surface area contributed by atoms with Gasteiger partial charge in [0.2, 0.25) is 11.6 Å². The van der Waals surface area contributed by atoms with Crippen molar-refractivity contribution in [2.45, 2.75) is 71.5 Å². The third kappa shape index (κ3) is 7.12. The summed E-state index contributed by atoms with van der Waals surface area (Å²) >= 11 is 0. The summed E-state index contributed by atoms with van der Waals surface area (Å²) in [5.41, 5.74) is -0.147. The maximum absolute atomic E-state index is 15.0. The summed E-state index contributed by atoms with van der Waals surface area (Å²) in [5.74, 6) is -7.54. The molecule has 3 nitrogen and oxygen atoms in total. The van der Waals surface area contributed by atoms with Crippen molar-refractivity contribution >= 4 is 5.57 Å². The number of hydrogen-bond donors (Lipinski definition) is 0. The minimum atomic E-state index is -1.33. The number of allylic oxidation sites excluding steroid dienone is 1. The molecule has 0 heterocycles. The summed E-state index contributed by atoms with van der Waals surface area (Å²) in [6.07, 6.45) is 5.69. The van der Waals surface area contributed by atoms with E-state index in [0.717, 1.165) is 25.3 Å². The van der Waals surface area contributed by atoms with Crippen molar-refractivity contribution in [3.63, 3.8) is 0 Å². The SMILES string of the molecule is CCCCOc1ccc(C2=CCC(OCc3ccc(-c4ccc(OCCCC)c(F)c4F)c(F)c3F)CC2)c(F)c1F. The van der Waals surface area contributed by atoms with Gasteiger partial charge in [-0.1, -0.05) is 44.9 Å². The van der Waals surface area contributed by atoms with E-state index >= 15 is 0 Å². The first-order valence-corrected chi connectivity index (χ1v) is 14.3. The normalized spacial score (nSPS) is 15.0. The van der Waals surface area contributed by atoms with Gasteiger partial charge >= 0.3 is 0 Å². The molecule has 0 saturated heterocycles. The minimum absolute atomic E-state index is 0.0850. The van der Waals surface area contributed by atoms with E-state index in [4.69, 9.17) is 14.2 Å². The van der Waals surface area contributed by atoms with Crippen LogP contribution >= 0.6 is 0 Å². The molecule has 9 heteroatoms. The summed E-state index contributed by atoms with van der Waals surface area (Å²) in [5, 5.41) is 0. The van der Waals surface area contributed by atoms with Crippen molar-refractivity contribution in [2.75, 3.05) is 13.2 Å². The van der Waals surface area contributed by atoms with Crippen LogP contribution in [0, 0.1) is 34.9 Å². The van der Waals surface area contributed by atoms with Crippen LogP contribution < -0.4 is 9.47 Å². The highest BCUT2D eigenvalue weighted by molar-refractivity contribution is 5.68. The first-order valence-electron chi connectivity index (χ1n) is 14.3. The number of rotatable bonds is 13. The van der Waals surface area contributed by atoms with Crippen LogP contribution in [-0.4, -0.2) is 19.3 Å². The van der Waals surface area contributed by atoms with Crippen LogP contribution in [0.25, 0.3) is 16.7 Å². The lowest BCUT2D eigenvalue weighted by Crippen LogP contribution is -2.16. The van der Waals surface area contributed by atoms with Crippen LogP contribution in [0.2, 0.25) is 0 Å². The molecule has 3 aromatic rings. The molecule has 0 amide bonds.